The topological polar surface area (TPSA) is 56.7 Å². The number of rotatable bonds is 1. The van der Waals surface area contributed by atoms with Crippen molar-refractivity contribution in [3.05, 3.63) is 35.0 Å². The summed E-state index contributed by atoms with van der Waals surface area (Å²) in [7, 11) is 0. The molecular weight excluding hydrogens is 245 g/mol. The number of nitrogens with zero attached hydrogens (tertiary/aromatic N) is 3. The highest BCUT2D eigenvalue weighted by Gasteiger charge is 2.32. The van der Waals surface area contributed by atoms with Crippen LogP contribution in [0.5, 0.6) is 0 Å². The van der Waals surface area contributed by atoms with Gasteiger partial charge < -0.3 is 5.73 Å². The molecule has 0 saturated heterocycles. The zero-order valence-electron chi connectivity index (χ0n) is 9.78. The molecule has 0 aliphatic rings. The van der Waals surface area contributed by atoms with Crippen molar-refractivity contribution in [3.8, 4) is 5.69 Å². The third-order valence-electron chi connectivity index (χ3n) is 2.70. The van der Waals surface area contributed by atoms with Crippen LogP contribution in [0.15, 0.2) is 18.2 Å². The smallest absolute Gasteiger partial charge is 0.381 e. The summed E-state index contributed by atoms with van der Waals surface area (Å²) in [4.78, 5) is 0. The fourth-order valence-corrected chi connectivity index (χ4v) is 1.63. The summed E-state index contributed by atoms with van der Waals surface area (Å²) in [6.45, 7) is 3.05. The van der Waals surface area contributed by atoms with Crippen molar-refractivity contribution in [2.45, 2.75) is 20.0 Å². The second-order valence-electron chi connectivity index (χ2n) is 3.97. The van der Waals surface area contributed by atoms with Crippen LogP contribution >= 0.6 is 0 Å². The zero-order chi connectivity index (χ0) is 13.5. The Bertz CT molecular complexity index is 586. The lowest BCUT2D eigenvalue weighted by Gasteiger charge is -2.12. The summed E-state index contributed by atoms with van der Waals surface area (Å²) in [5.74, 6) is 0.198. The summed E-state index contributed by atoms with van der Waals surface area (Å²) >= 11 is 0. The molecule has 0 fully saturated rings. The van der Waals surface area contributed by atoms with Gasteiger partial charge >= 0.3 is 6.18 Å². The molecule has 7 heteroatoms. The Balaban J connectivity index is 2.58. The lowest BCUT2D eigenvalue weighted by molar-refractivity contribution is -0.138. The lowest BCUT2D eigenvalue weighted by atomic mass is 10.1. The average molecular weight is 256 g/mol. The quantitative estimate of drug-likeness (QED) is 0.852. The molecule has 2 rings (SSSR count). The summed E-state index contributed by atoms with van der Waals surface area (Å²) < 4.78 is 39.6. The van der Waals surface area contributed by atoms with Crippen molar-refractivity contribution >= 4 is 5.82 Å². The van der Waals surface area contributed by atoms with Gasteiger partial charge in [0.2, 0.25) is 0 Å². The van der Waals surface area contributed by atoms with Gasteiger partial charge in [-0.2, -0.15) is 13.2 Å². The van der Waals surface area contributed by atoms with Crippen molar-refractivity contribution in [2.75, 3.05) is 5.73 Å². The number of hydrogen-bond donors (Lipinski definition) is 1. The minimum absolute atomic E-state index is 0.164. The second kappa shape index (κ2) is 4.01. The van der Waals surface area contributed by atoms with Gasteiger partial charge in [-0.25, -0.2) is 4.68 Å². The van der Waals surface area contributed by atoms with E-state index >= 15 is 0 Å². The first-order chi connectivity index (χ1) is 8.30. The van der Waals surface area contributed by atoms with Crippen molar-refractivity contribution < 1.29 is 13.2 Å². The number of aromatic nitrogens is 3. The number of alkyl halides is 3. The van der Waals surface area contributed by atoms with E-state index in [4.69, 9.17) is 5.73 Å². The number of halogens is 3. The van der Waals surface area contributed by atoms with Crippen LogP contribution in [0.25, 0.3) is 5.69 Å². The van der Waals surface area contributed by atoms with Gasteiger partial charge in [-0.05, 0) is 31.5 Å². The molecule has 0 saturated carbocycles. The maximum absolute atomic E-state index is 12.8. The van der Waals surface area contributed by atoms with Crippen LogP contribution in [0.3, 0.4) is 0 Å². The summed E-state index contributed by atoms with van der Waals surface area (Å²) in [5, 5.41) is 7.33. The van der Waals surface area contributed by atoms with Gasteiger partial charge in [0.05, 0.1) is 16.9 Å². The first kappa shape index (κ1) is 12.4. The van der Waals surface area contributed by atoms with Gasteiger partial charge in [-0.3, -0.25) is 0 Å². The minimum Gasteiger partial charge on any atom is -0.381 e. The molecule has 0 amide bonds. The molecular formula is C11H11F3N4. The van der Waals surface area contributed by atoms with Crippen LogP contribution in [0, 0.1) is 13.8 Å². The van der Waals surface area contributed by atoms with Crippen LogP contribution in [0.4, 0.5) is 19.0 Å². The predicted octanol–water partition coefficient (Wildman–Crippen LogP) is 2.49. The Labute approximate surface area is 101 Å². The summed E-state index contributed by atoms with van der Waals surface area (Å²) in [6, 6.07) is 3.98. The molecule has 1 aromatic heterocycles. The number of nitrogen functional groups attached to an aromatic ring is 1. The van der Waals surface area contributed by atoms with Crippen molar-refractivity contribution in [3.63, 3.8) is 0 Å². The number of hydrogen-bond acceptors (Lipinski definition) is 3. The van der Waals surface area contributed by atoms with E-state index in [-0.39, 0.29) is 17.1 Å². The van der Waals surface area contributed by atoms with Crippen LogP contribution in [0.2, 0.25) is 0 Å². The minimum atomic E-state index is -4.39. The maximum Gasteiger partial charge on any atom is 0.416 e. The third-order valence-corrected chi connectivity index (χ3v) is 2.70. The Kier molecular flexibility index (Phi) is 2.76. The summed E-state index contributed by atoms with van der Waals surface area (Å²) in [6.07, 6.45) is -4.39. The van der Waals surface area contributed by atoms with Gasteiger partial charge in [0.15, 0.2) is 5.82 Å². The molecule has 0 bridgehead atoms. The highest BCUT2D eigenvalue weighted by Crippen LogP contribution is 2.33. The van der Waals surface area contributed by atoms with E-state index in [0.717, 1.165) is 6.07 Å². The van der Waals surface area contributed by atoms with Gasteiger partial charge in [0, 0.05) is 0 Å². The van der Waals surface area contributed by atoms with Crippen molar-refractivity contribution in [1.29, 1.82) is 0 Å². The second-order valence-corrected chi connectivity index (χ2v) is 3.97. The van der Waals surface area contributed by atoms with E-state index < -0.39 is 11.7 Å². The van der Waals surface area contributed by atoms with Gasteiger partial charge in [0.1, 0.15) is 0 Å². The first-order valence-electron chi connectivity index (χ1n) is 5.16. The maximum atomic E-state index is 12.8. The van der Waals surface area contributed by atoms with E-state index in [1.54, 1.807) is 13.0 Å². The van der Waals surface area contributed by atoms with Crippen molar-refractivity contribution in [1.82, 2.24) is 15.0 Å². The van der Waals surface area contributed by atoms with Crippen LogP contribution < -0.4 is 5.73 Å². The van der Waals surface area contributed by atoms with E-state index in [9.17, 15) is 13.2 Å². The largest absolute Gasteiger partial charge is 0.416 e. The van der Waals surface area contributed by atoms with E-state index in [1.807, 2.05) is 0 Å². The molecule has 0 radical (unpaired) electrons. The molecule has 0 aliphatic heterocycles. The predicted molar refractivity (Wildman–Crippen MR) is 60.2 cm³/mol. The molecule has 0 unspecified atom stereocenters. The summed E-state index contributed by atoms with van der Waals surface area (Å²) in [5.41, 5.74) is 5.79. The average Bonchev–Trinajstić information content (AvgIpc) is 2.59. The molecule has 2 aromatic rings. The van der Waals surface area contributed by atoms with Crippen molar-refractivity contribution in [2.24, 2.45) is 0 Å². The number of benzene rings is 1. The highest BCUT2D eigenvalue weighted by molar-refractivity contribution is 5.44. The molecule has 18 heavy (non-hydrogen) atoms. The Morgan fingerprint density at radius 2 is 1.89 bits per heavy atom. The molecule has 0 aliphatic carbocycles. The molecule has 1 aromatic carbocycles. The molecule has 1 heterocycles. The molecule has 2 N–H and O–H groups in total. The van der Waals surface area contributed by atoms with Crippen LogP contribution in [-0.2, 0) is 6.18 Å². The molecule has 4 nitrogen and oxygen atoms in total. The fraction of sp³-hybridized carbons (Fsp3) is 0.273. The third kappa shape index (κ3) is 2.03. The van der Waals surface area contributed by atoms with Crippen LogP contribution in [-0.4, -0.2) is 15.0 Å². The SMILES string of the molecule is Cc1ccc(-n2nnc(N)c2C)cc1C(F)(F)F. The Morgan fingerprint density at radius 1 is 1.22 bits per heavy atom. The van der Waals surface area contributed by atoms with E-state index in [1.165, 1.54) is 17.7 Å². The monoisotopic (exact) mass is 256 g/mol. The van der Waals surface area contributed by atoms with Gasteiger partial charge in [-0.15, -0.1) is 5.10 Å². The number of anilines is 1. The molecule has 0 atom stereocenters. The van der Waals surface area contributed by atoms with E-state index in [2.05, 4.69) is 10.3 Å². The Morgan fingerprint density at radius 3 is 2.39 bits per heavy atom. The molecule has 0 spiro atoms. The highest BCUT2D eigenvalue weighted by atomic mass is 19.4. The van der Waals surface area contributed by atoms with Gasteiger partial charge in [-0.1, -0.05) is 11.3 Å². The van der Waals surface area contributed by atoms with Crippen LogP contribution in [0.1, 0.15) is 16.8 Å². The lowest BCUT2D eigenvalue weighted by Crippen LogP contribution is -2.09. The number of aryl methyl sites for hydroxylation is 1. The first-order valence-corrected chi connectivity index (χ1v) is 5.16. The van der Waals surface area contributed by atoms with E-state index in [0.29, 0.717) is 5.69 Å². The fourth-order valence-electron chi connectivity index (χ4n) is 1.63. The number of nitrogens with two attached hydrogens (primary N) is 1. The molecule has 96 valence electrons. The van der Waals surface area contributed by atoms with Gasteiger partial charge in [0.25, 0.3) is 0 Å². The Hall–Kier alpha value is -2.05. The standard InChI is InChI=1S/C11H11F3N4/c1-6-3-4-8(5-9(6)11(12,13)14)18-7(2)10(15)16-17-18/h3-5H,15H2,1-2H3. The zero-order valence-corrected chi connectivity index (χ0v) is 9.78. The normalized spacial score (nSPS) is 11.8.